The Morgan fingerprint density at radius 2 is 1.67 bits per heavy atom. The maximum absolute atomic E-state index is 9.73. The molecule has 1 rings (SSSR count). The maximum Gasteiger partial charge on any atom is 0.119 e. The average Bonchev–Trinajstić information content (AvgIpc) is 2.12. The third-order valence-corrected chi connectivity index (χ3v) is 2.03. The molecule has 0 saturated heterocycles. The van der Waals surface area contributed by atoms with E-state index in [1.54, 1.807) is 0 Å². The van der Waals surface area contributed by atoms with Gasteiger partial charge in [0, 0.05) is 18.7 Å². The van der Waals surface area contributed by atoms with Gasteiger partial charge >= 0.3 is 0 Å². The Labute approximate surface area is 89.2 Å². The quantitative estimate of drug-likeness (QED) is 0.602. The summed E-state index contributed by atoms with van der Waals surface area (Å²) in [7, 11) is 0. The smallest absolute Gasteiger partial charge is 0.119 e. The van der Waals surface area contributed by atoms with E-state index in [1.807, 2.05) is 13.8 Å². The van der Waals surface area contributed by atoms with Gasteiger partial charge in [-0.15, -0.1) is 0 Å². The second kappa shape index (κ2) is 5.00. The Kier molecular flexibility index (Phi) is 3.94. The molecule has 15 heavy (non-hydrogen) atoms. The minimum Gasteiger partial charge on any atom is -0.508 e. The fourth-order valence-electron chi connectivity index (χ4n) is 1.28. The molecule has 4 N–H and O–H groups in total. The van der Waals surface area contributed by atoms with Crippen molar-refractivity contribution < 1.29 is 15.3 Å². The van der Waals surface area contributed by atoms with Crippen LogP contribution in [0.25, 0.3) is 0 Å². The molecular weight excluding hydrogens is 194 g/mol. The van der Waals surface area contributed by atoms with Crippen LogP contribution in [0.15, 0.2) is 18.2 Å². The van der Waals surface area contributed by atoms with Crippen molar-refractivity contribution in [2.75, 3.05) is 6.54 Å². The van der Waals surface area contributed by atoms with Crippen LogP contribution in [0.1, 0.15) is 25.5 Å². The van der Waals surface area contributed by atoms with Gasteiger partial charge in [-0.2, -0.15) is 0 Å². The lowest BCUT2D eigenvalue weighted by Gasteiger charge is -2.14. The van der Waals surface area contributed by atoms with E-state index >= 15 is 0 Å². The summed E-state index contributed by atoms with van der Waals surface area (Å²) < 4.78 is 0. The van der Waals surface area contributed by atoms with Crippen LogP contribution in [0.2, 0.25) is 0 Å². The molecule has 0 saturated carbocycles. The Morgan fingerprint density at radius 3 is 2.13 bits per heavy atom. The minimum atomic E-state index is -0.731. The number of benzene rings is 1. The standard InChI is InChI=1S/C11H17NO3/c1-7(2)12-6-11(15)8-3-9(13)5-10(14)4-8/h3-5,7,11-15H,6H2,1-2H3/t11-/m1/s1. The van der Waals surface area contributed by atoms with E-state index in [9.17, 15) is 15.3 Å². The first-order valence-corrected chi connectivity index (χ1v) is 4.93. The van der Waals surface area contributed by atoms with Crippen LogP contribution < -0.4 is 5.32 Å². The first-order chi connectivity index (χ1) is 6.99. The van der Waals surface area contributed by atoms with Gasteiger partial charge in [0.05, 0.1) is 6.10 Å². The highest BCUT2D eigenvalue weighted by Crippen LogP contribution is 2.24. The lowest BCUT2D eigenvalue weighted by Crippen LogP contribution is -2.27. The highest BCUT2D eigenvalue weighted by Gasteiger charge is 2.10. The summed E-state index contributed by atoms with van der Waals surface area (Å²) in [6.45, 7) is 4.35. The van der Waals surface area contributed by atoms with E-state index in [0.717, 1.165) is 0 Å². The largest absolute Gasteiger partial charge is 0.508 e. The maximum atomic E-state index is 9.73. The highest BCUT2D eigenvalue weighted by atomic mass is 16.3. The van der Waals surface area contributed by atoms with Gasteiger partial charge in [0.1, 0.15) is 11.5 Å². The molecule has 0 bridgehead atoms. The van der Waals surface area contributed by atoms with Crippen LogP contribution in [-0.2, 0) is 0 Å². The SMILES string of the molecule is CC(C)NC[C@@H](O)c1cc(O)cc(O)c1. The van der Waals surface area contributed by atoms with E-state index in [0.29, 0.717) is 12.1 Å². The van der Waals surface area contributed by atoms with Crippen molar-refractivity contribution in [3.8, 4) is 11.5 Å². The topological polar surface area (TPSA) is 72.7 Å². The summed E-state index contributed by atoms with van der Waals surface area (Å²) in [5.41, 5.74) is 0.501. The number of rotatable bonds is 4. The molecule has 4 heteroatoms. The van der Waals surface area contributed by atoms with Gasteiger partial charge in [-0.05, 0) is 17.7 Å². The first-order valence-electron chi connectivity index (χ1n) is 4.93. The summed E-state index contributed by atoms with van der Waals surface area (Å²) in [4.78, 5) is 0. The Bertz CT molecular complexity index is 305. The highest BCUT2D eigenvalue weighted by molar-refractivity contribution is 5.37. The van der Waals surface area contributed by atoms with Crippen LogP contribution in [0.4, 0.5) is 0 Å². The fourth-order valence-corrected chi connectivity index (χ4v) is 1.28. The molecule has 0 aromatic heterocycles. The third kappa shape index (κ3) is 3.77. The molecule has 1 aromatic rings. The summed E-state index contributed by atoms with van der Waals surface area (Å²) >= 11 is 0. The number of phenolic OH excluding ortho intramolecular Hbond substituents is 2. The molecular formula is C11H17NO3. The molecule has 0 fully saturated rings. The Balaban J connectivity index is 2.68. The van der Waals surface area contributed by atoms with Crippen LogP contribution in [0, 0.1) is 0 Å². The van der Waals surface area contributed by atoms with Gasteiger partial charge in [0.2, 0.25) is 0 Å². The molecule has 0 aliphatic rings. The summed E-state index contributed by atoms with van der Waals surface area (Å²) in [5.74, 6) is -0.0952. The second-order valence-corrected chi connectivity index (χ2v) is 3.86. The lowest BCUT2D eigenvalue weighted by atomic mass is 10.1. The minimum absolute atomic E-state index is 0.0476. The van der Waals surface area contributed by atoms with Crippen molar-refractivity contribution in [2.45, 2.75) is 26.0 Å². The Hall–Kier alpha value is -1.26. The molecule has 84 valence electrons. The van der Waals surface area contributed by atoms with Crippen molar-refractivity contribution in [1.82, 2.24) is 5.32 Å². The number of hydrogen-bond acceptors (Lipinski definition) is 4. The van der Waals surface area contributed by atoms with E-state index in [1.165, 1.54) is 18.2 Å². The van der Waals surface area contributed by atoms with Gasteiger partial charge < -0.3 is 20.6 Å². The van der Waals surface area contributed by atoms with Crippen LogP contribution >= 0.6 is 0 Å². The number of phenols is 2. The van der Waals surface area contributed by atoms with Crippen LogP contribution in [-0.4, -0.2) is 27.9 Å². The van der Waals surface area contributed by atoms with Crippen molar-refractivity contribution >= 4 is 0 Å². The van der Waals surface area contributed by atoms with Crippen molar-refractivity contribution in [3.05, 3.63) is 23.8 Å². The number of nitrogens with one attached hydrogen (secondary N) is 1. The molecule has 1 atom stereocenters. The fraction of sp³-hybridized carbons (Fsp3) is 0.455. The van der Waals surface area contributed by atoms with Gasteiger partial charge in [-0.1, -0.05) is 13.8 Å². The molecule has 0 aliphatic heterocycles. The molecule has 0 amide bonds. The van der Waals surface area contributed by atoms with E-state index < -0.39 is 6.10 Å². The normalized spacial score (nSPS) is 13.1. The lowest BCUT2D eigenvalue weighted by molar-refractivity contribution is 0.171. The molecule has 4 nitrogen and oxygen atoms in total. The Morgan fingerprint density at radius 1 is 1.13 bits per heavy atom. The van der Waals surface area contributed by atoms with Crippen molar-refractivity contribution in [1.29, 1.82) is 0 Å². The van der Waals surface area contributed by atoms with Crippen LogP contribution in [0.3, 0.4) is 0 Å². The van der Waals surface area contributed by atoms with Gasteiger partial charge in [-0.25, -0.2) is 0 Å². The zero-order valence-corrected chi connectivity index (χ0v) is 8.94. The van der Waals surface area contributed by atoms with E-state index in [-0.39, 0.29) is 17.5 Å². The molecule has 1 aromatic carbocycles. The molecule has 0 aliphatic carbocycles. The number of aromatic hydroxyl groups is 2. The predicted molar refractivity (Wildman–Crippen MR) is 57.9 cm³/mol. The summed E-state index contributed by atoms with van der Waals surface area (Å²) in [5, 5.41) is 31.3. The van der Waals surface area contributed by atoms with Crippen molar-refractivity contribution in [2.24, 2.45) is 0 Å². The average molecular weight is 211 g/mol. The molecule has 0 heterocycles. The van der Waals surface area contributed by atoms with E-state index in [4.69, 9.17) is 0 Å². The second-order valence-electron chi connectivity index (χ2n) is 3.86. The molecule has 0 spiro atoms. The summed E-state index contributed by atoms with van der Waals surface area (Å²) in [6.07, 6.45) is -0.731. The number of aliphatic hydroxyl groups excluding tert-OH is 1. The zero-order chi connectivity index (χ0) is 11.4. The van der Waals surface area contributed by atoms with Crippen molar-refractivity contribution in [3.63, 3.8) is 0 Å². The molecule has 0 radical (unpaired) electrons. The summed E-state index contributed by atoms with van der Waals surface area (Å²) in [6, 6.07) is 4.38. The van der Waals surface area contributed by atoms with E-state index in [2.05, 4.69) is 5.32 Å². The van der Waals surface area contributed by atoms with Gasteiger partial charge in [0.25, 0.3) is 0 Å². The van der Waals surface area contributed by atoms with Gasteiger partial charge in [-0.3, -0.25) is 0 Å². The number of aliphatic hydroxyl groups is 1. The predicted octanol–water partition coefficient (Wildman–Crippen LogP) is 1.13. The monoisotopic (exact) mass is 211 g/mol. The van der Waals surface area contributed by atoms with Gasteiger partial charge in [0.15, 0.2) is 0 Å². The first kappa shape index (κ1) is 11.8. The molecule has 0 unspecified atom stereocenters. The third-order valence-electron chi connectivity index (χ3n) is 2.03. The number of hydrogen-bond donors (Lipinski definition) is 4. The zero-order valence-electron chi connectivity index (χ0n) is 8.94. The van der Waals surface area contributed by atoms with Crippen LogP contribution in [0.5, 0.6) is 11.5 Å².